The molecule has 0 amide bonds. The van der Waals surface area contributed by atoms with Crippen LogP contribution in [0.4, 0.5) is 0 Å². The summed E-state index contributed by atoms with van der Waals surface area (Å²) in [4.78, 5) is 10.8. The van der Waals surface area contributed by atoms with Crippen LogP contribution >= 0.6 is 0 Å². The zero-order valence-electron chi connectivity index (χ0n) is 10.6. The molecular formula is C15H18O3. The number of methoxy groups -OCH3 is 1. The highest BCUT2D eigenvalue weighted by Crippen LogP contribution is 2.46. The van der Waals surface area contributed by atoms with E-state index in [1.54, 1.807) is 25.3 Å². The summed E-state index contributed by atoms with van der Waals surface area (Å²) in [5.74, 6) is 2.96. The molecule has 3 rings (SSSR count). The Balaban J connectivity index is 1.80. The van der Waals surface area contributed by atoms with Gasteiger partial charge in [-0.25, -0.2) is 0 Å². The first-order valence-electron chi connectivity index (χ1n) is 6.60. The number of carbonyl (C=O) groups excluding carboxylic acids is 1. The molecule has 0 N–H and O–H groups in total. The third-order valence-corrected chi connectivity index (χ3v) is 4.28. The van der Waals surface area contributed by atoms with E-state index in [0.717, 1.165) is 18.6 Å². The minimum absolute atomic E-state index is 0.305. The van der Waals surface area contributed by atoms with Gasteiger partial charge in [-0.3, -0.25) is 4.79 Å². The van der Waals surface area contributed by atoms with Crippen molar-refractivity contribution >= 4 is 6.29 Å². The SMILES string of the molecule is COc1ccc(C=O)cc1O[C@@H]1C[C@@H]2CC[C@@H]1C2. The molecule has 0 unspecified atom stereocenters. The molecule has 0 aliphatic heterocycles. The first-order chi connectivity index (χ1) is 8.80. The van der Waals surface area contributed by atoms with Gasteiger partial charge in [0.1, 0.15) is 12.4 Å². The van der Waals surface area contributed by atoms with Crippen LogP contribution in [0.3, 0.4) is 0 Å². The number of aldehydes is 1. The molecule has 2 fully saturated rings. The third-order valence-electron chi connectivity index (χ3n) is 4.28. The van der Waals surface area contributed by atoms with Gasteiger partial charge >= 0.3 is 0 Å². The molecule has 2 bridgehead atoms. The molecule has 0 aromatic heterocycles. The second kappa shape index (κ2) is 4.63. The third kappa shape index (κ3) is 1.98. The van der Waals surface area contributed by atoms with Crippen molar-refractivity contribution in [1.29, 1.82) is 0 Å². The van der Waals surface area contributed by atoms with Crippen LogP contribution < -0.4 is 9.47 Å². The predicted octanol–water partition coefficient (Wildman–Crippen LogP) is 3.08. The molecule has 3 atom stereocenters. The van der Waals surface area contributed by atoms with Crippen LogP contribution in [0.1, 0.15) is 36.0 Å². The Labute approximate surface area is 107 Å². The second-order valence-corrected chi connectivity index (χ2v) is 5.36. The largest absolute Gasteiger partial charge is 0.493 e. The zero-order valence-corrected chi connectivity index (χ0v) is 10.6. The van der Waals surface area contributed by atoms with E-state index in [1.165, 1.54) is 19.3 Å². The first-order valence-corrected chi connectivity index (χ1v) is 6.60. The van der Waals surface area contributed by atoms with Crippen LogP contribution in [0.2, 0.25) is 0 Å². The fourth-order valence-corrected chi connectivity index (χ4v) is 3.35. The van der Waals surface area contributed by atoms with Crippen molar-refractivity contribution < 1.29 is 14.3 Å². The number of hydrogen-bond acceptors (Lipinski definition) is 3. The quantitative estimate of drug-likeness (QED) is 0.766. The Morgan fingerprint density at radius 2 is 2.11 bits per heavy atom. The van der Waals surface area contributed by atoms with Crippen LogP contribution in [0.25, 0.3) is 0 Å². The number of rotatable bonds is 4. The Hall–Kier alpha value is -1.51. The van der Waals surface area contributed by atoms with Gasteiger partial charge in [-0.15, -0.1) is 0 Å². The maximum Gasteiger partial charge on any atom is 0.162 e. The smallest absolute Gasteiger partial charge is 0.162 e. The molecule has 0 radical (unpaired) electrons. The molecule has 0 heterocycles. The van der Waals surface area contributed by atoms with Crippen molar-refractivity contribution in [1.82, 2.24) is 0 Å². The lowest BCUT2D eigenvalue weighted by molar-refractivity contribution is 0.112. The summed E-state index contributed by atoms with van der Waals surface area (Å²) in [6.07, 6.45) is 6.24. The average molecular weight is 246 g/mol. The normalized spacial score (nSPS) is 29.3. The van der Waals surface area contributed by atoms with Crippen LogP contribution in [0.15, 0.2) is 18.2 Å². The second-order valence-electron chi connectivity index (χ2n) is 5.36. The van der Waals surface area contributed by atoms with Gasteiger partial charge in [0.05, 0.1) is 7.11 Å². The van der Waals surface area contributed by atoms with E-state index in [-0.39, 0.29) is 0 Å². The first kappa shape index (κ1) is 11.6. The van der Waals surface area contributed by atoms with E-state index in [4.69, 9.17) is 9.47 Å². The highest BCUT2D eigenvalue weighted by Gasteiger charge is 2.41. The Morgan fingerprint density at radius 3 is 2.72 bits per heavy atom. The number of benzene rings is 1. The van der Waals surface area contributed by atoms with Gasteiger partial charge in [0.2, 0.25) is 0 Å². The van der Waals surface area contributed by atoms with Gasteiger partial charge in [0.15, 0.2) is 11.5 Å². The summed E-state index contributed by atoms with van der Waals surface area (Å²) in [5.41, 5.74) is 0.633. The molecule has 96 valence electrons. The summed E-state index contributed by atoms with van der Waals surface area (Å²) in [6, 6.07) is 5.32. The van der Waals surface area contributed by atoms with Crippen LogP contribution in [-0.2, 0) is 0 Å². The molecule has 2 aliphatic carbocycles. The standard InChI is InChI=1S/C15H18O3/c1-17-13-5-3-11(9-16)8-15(13)18-14-7-10-2-4-12(14)6-10/h3,5,8-10,12,14H,2,4,6-7H2,1H3/t10-,12-,14-/m1/s1. The van der Waals surface area contributed by atoms with E-state index in [1.807, 2.05) is 0 Å². The van der Waals surface area contributed by atoms with Crippen molar-refractivity contribution in [2.75, 3.05) is 7.11 Å². The minimum Gasteiger partial charge on any atom is -0.493 e. The molecule has 2 saturated carbocycles. The van der Waals surface area contributed by atoms with Crippen molar-refractivity contribution in [3.63, 3.8) is 0 Å². The van der Waals surface area contributed by atoms with Gasteiger partial charge < -0.3 is 9.47 Å². The zero-order chi connectivity index (χ0) is 12.5. The van der Waals surface area contributed by atoms with Crippen LogP contribution in [-0.4, -0.2) is 19.5 Å². The lowest BCUT2D eigenvalue weighted by Crippen LogP contribution is -2.23. The molecule has 2 aliphatic rings. The molecule has 1 aromatic carbocycles. The lowest BCUT2D eigenvalue weighted by atomic mass is 9.97. The van der Waals surface area contributed by atoms with Crippen molar-refractivity contribution in [3.05, 3.63) is 23.8 Å². The van der Waals surface area contributed by atoms with E-state index in [0.29, 0.717) is 29.1 Å². The summed E-state index contributed by atoms with van der Waals surface area (Å²) in [7, 11) is 1.63. The maximum atomic E-state index is 10.8. The van der Waals surface area contributed by atoms with Crippen LogP contribution in [0, 0.1) is 11.8 Å². The van der Waals surface area contributed by atoms with Crippen molar-refractivity contribution in [2.24, 2.45) is 11.8 Å². The number of ether oxygens (including phenoxy) is 2. The molecule has 18 heavy (non-hydrogen) atoms. The molecule has 3 heteroatoms. The predicted molar refractivity (Wildman–Crippen MR) is 68.2 cm³/mol. The highest BCUT2D eigenvalue weighted by atomic mass is 16.5. The molecular weight excluding hydrogens is 228 g/mol. The van der Waals surface area contributed by atoms with E-state index in [9.17, 15) is 4.79 Å². The van der Waals surface area contributed by atoms with Gasteiger partial charge in [0, 0.05) is 5.56 Å². The Morgan fingerprint density at radius 1 is 1.22 bits per heavy atom. The van der Waals surface area contributed by atoms with Gasteiger partial charge in [-0.2, -0.15) is 0 Å². The molecule has 0 spiro atoms. The maximum absolute atomic E-state index is 10.8. The van der Waals surface area contributed by atoms with Gasteiger partial charge in [-0.1, -0.05) is 0 Å². The minimum atomic E-state index is 0.305. The van der Waals surface area contributed by atoms with E-state index < -0.39 is 0 Å². The number of fused-ring (bicyclic) bond motifs is 2. The van der Waals surface area contributed by atoms with Crippen molar-refractivity contribution in [3.8, 4) is 11.5 Å². The highest BCUT2D eigenvalue weighted by molar-refractivity contribution is 5.76. The average Bonchev–Trinajstić information content (AvgIpc) is 3.01. The number of carbonyl (C=O) groups is 1. The van der Waals surface area contributed by atoms with Crippen LogP contribution in [0.5, 0.6) is 11.5 Å². The molecule has 3 nitrogen and oxygen atoms in total. The lowest BCUT2D eigenvalue weighted by Gasteiger charge is -2.24. The summed E-state index contributed by atoms with van der Waals surface area (Å²) >= 11 is 0. The summed E-state index contributed by atoms with van der Waals surface area (Å²) in [5, 5.41) is 0. The summed E-state index contributed by atoms with van der Waals surface area (Å²) < 4.78 is 11.4. The summed E-state index contributed by atoms with van der Waals surface area (Å²) in [6.45, 7) is 0. The van der Waals surface area contributed by atoms with Gasteiger partial charge in [0.25, 0.3) is 0 Å². The van der Waals surface area contributed by atoms with E-state index >= 15 is 0 Å². The fourth-order valence-electron chi connectivity index (χ4n) is 3.35. The molecule has 1 aromatic rings. The van der Waals surface area contributed by atoms with Crippen molar-refractivity contribution in [2.45, 2.75) is 31.8 Å². The van der Waals surface area contributed by atoms with Gasteiger partial charge in [-0.05, 0) is 55.7 Å². The number of hydrogen-bond donors (Lipinski definition) is 0. The molecule has 0 saturated heterocycles. The fraction of sp³-hybridized carbons (Fsp3) is 0.533. The Bertz CT molecular complexity index is 455. The monoisotopic (exact) mass is 246 g/mol. The Kier molecular flexibility index (Phi) is 2.98. The topological polar surface area (TPSA) is 35.5 Å². The van der Waals surface area contributed by atoms with E-state index in [2.05, 4.69) is 0 Å².